The Hall–Kier alpha value is -2.67. The maximum absolute atomic E-state index is 12.9. The second kappa shape index (κ2) is 14.6. The molecule has 1 aliphatic heterocycles. The van der Waals surface area contributed by atoms with Crippen LogP contribution in [0.25, 0.3) is 0 Å². The van der Waals surface area contributed by atoms with E-state index in [-0.39, 0.29) is 12.0 Å². The number of nitrogens with zero attached hydrogens (tertiary/aromatic N) is 2. The molecule has 0 saturated heterocycles. The Morgan fingerprint density at radius 3 is 2.32 bits per heavy atom. The normalized spacial score (nSPS) is 18.9. The average molecular weight is 468 g/mol. The first-order valence-electron chi connectivity index (χ1n) is 13.0. The van der Waals surface area contributed by atoms with Gasteiger partial charge >= 0.3 is 0 Å². The molecule has 1 amide bonds. The van der Waals surface area contributed by atoms with Gasteiger partial charge in [-0.25, -0.2) is 4.98 Å². The summed E-state index contributed by atoms with van der Waals surface area (Å²) in [5, 5.41) is 19.9. The summed E-state index contributed by atoms with van der Waals surface area (Å²) in [5.41, 5.74) is 2.69. The molecule has 7 heteroatoms. The maximum atomic E-state index is 12.9. The molecular weight excluding hydrogens is 426 g/mol. The summed E-state index contributed by atoms with van der Waals surface area (Å²) in [6.45, 7) is 4.02. The molecule has 4 N–H and O–H groups in total. The van der Waals surface area contributed by atoms with E-state index >= 15 is 0 Å². The van der Waals surface area contributed by atoms with Crippen LogP contribution in [0.3, 0.4) is 0 Å². The number of hydrogen-bond acceptors (Lipinski definition) is 6. The Morgan fingerprint density at radius 2 is 1.56 bits per heavy atom. The summed E-state index contributed by atoms with van der Waals surface area (Å²) in [6.07, 6.45) is 13.3. The first-order valence-corrected chi connectivity index (χ1v) is 13.0. The Balaban J connectivity index is 1.62. The predicted molar refractivity (Wildman–Crippen MR) is 138 cm³/mol. The second-order valence-corrected chi connectivity index (χ2v) is 9.39. The van der Waals surface area contributed by atoms with Crippen molar-refractivity contribution >= 4 is 17.7 Å². The summed E-state index contributed by atoms with van der Waals surface area (Å²) in [7, 11) is 0. The van der Waals surface area contributed by atoms with Crippen LogP contribution in [0.5, 0.6) is 0 Å². The molecule has 1 aliphatic rings. The molecule has 0 aliphatic carbocycles. The molecule has 2 aromatic rings. The standard InChI is InChI=1S/C27H41N5O2/c1-21-13-15-22(16-14-21)19-30-26(34)24-20-31-27-29-18-9-6-4-2-3-5-7-11-23(33)12-8-10-17-28-25(24)32-27/h13-16,20,23,33H,2-12,17-19H2,1H3,(H,30,34)(H2,28,29,31,32). The van der Waals surface area contributed by atoms with Gasteiger partial charge in [-0.05, 0) is 44.6 Å². The van der Waals surface area contributed by atoms with E-state index in [0.29, 0.717) is 30.4 Å². The average Bonchev–Trinajstić information content (AvgIpc) is 2.84. The number of aromatic nitrogens is 2. The molecule has 1 aromatic carbocycles. The zero-order chi connectivity index (χ0) is 24.0. The molecule has 7 nitrogen and oxygen atoms in total. The Bertz CT molecular complexity index is 872. The van der Waals surface area contributed by atoms with Crippen LogP contribution in [0, 0.1) is 6.92 Å². The summed E-state index contributed by atoms with van der Waals surface area (Å²) in [5.74, 6) is 0.909. The minimum absolute atomic E-state index is 0.191. The van der Waals surface area contributed by atoms with Crippen molar-refractivity contribution in [3.63, 3.8) is 0 Å². The maximum Gasteiger partial charge on any atom is 0.256 e. The van der Waals surface area contributed by atoms with E-state index in [0.717, 1.165) is 50.6 Å². The van der Waals surface area contributed by atoms with Gasteiger partial charge in [0.2, 0.25) is 5.95 Å². The minimum Gasteiger partial charge on any atom is -0.393 e. The fraction of sp³-hybridized carbons (Fsp3) is 0.593. The number of carbonyl (C=O) groups excluding carboxylic acids is 1. The highest BCUT2D eigenvalue weighted by Gasteiger charge is 2.15. The van der Waals surface area contributed by atoms with Crippen molar-refractivity contribution in [1.29, 1.82) is 0 Å². The van der Waals surface area contributed by atoms with Crippen molar-refractivity contribution in [2.24, 2.45) is 0 Å². The summed E-state index contributed by atoms with van der Waals surface area (Å²) in [4.78, 5) is 21.9. The van der Waals surface area contributed by atoms with Crippen molar-refractivity contribution < 1.29 is 9.90 Å². The topological polar surface area (TPSA) is 99.2 Å². The number of nitrogens with one attached hydrogen (secondary N) is 3. The van der Waals surface area contributed by atoms with Crippen LogP contribution in [0.1, 0.15) is 92.1 Å². The lowest BCUT2D eigenvalue weighted by molar-refractivity contribution is 0.0951. The van der Waals surface area contributed by atoms with Crippen LogP contribution in [0.2, 0.25) is 0 Å². The number of aryl methyl sites for hydroxylation is 1. The molecular formula is C27H41N5O2. The molecule has 34 heavy (non-hydrogen) atoms. The van der Waals surface area contributed by atoms with E-state index in [1.165, 1.54) is 37.7 Å². The summed E-state index contributed by atoms with van der Waals surface area (Å²) in [6, 6.07) is 8.13. The lowest BCUT2D eigenvalue weighted by Crippen LogP contribution is -2.25. The van der Waals surface area contributed by atoms with Gasteiger partial charge in [0.25, 0.3) is 5.91 Å². The first kappa shape index (κ1) is 25.9. The van der Waals surface area contributed by atoms with Crippen molar-refractivity contribution in [2.75, 3.05) is 23.7 Å². The van der Waals surface area contributed by atoms with Crippen molar-refractivity contribution in [2.45, 2.75) is 90.2 Å². The molecule has 0 spiro atoms. The third kappa shape index (κ3) is 9.29. The van der Waals surface area contributed by atoms with Crippen LogP contribution < -0.4 is 16.0 Å². The molecule has 2 heterocycles. The van der Waals surface area contributed by atoms with Gasteiger partial charge in [-0.1, -0.05) is 68.4 Å². The van der Waals surface area contributed by atoms with Gasteiger partial charge < -0.3 is 21.1 Å². The monoisotopic (exact) mass is 467 g/mol. The molecule has 1 unspecified atom stereocenters. The van der Waals surface area contributed by atoms with E-state index in [1.54, 1.807) is 6.20 Å². The largest absolute Gasteiger partial charge is 0.393 e. The smallest absolute Gasteiger partial charge is 0.256 e. The quantitative estimate of drug-likeness (QED) is 0.495. The highest BCUT2D eigenvalue weighted by Crippen LogP contribution is 2.17. The molecule has 3 rings (SSSR count). The molecule has 1 atom stereocenters. The van der Waals surface area contributed by atoms with E-state index in [2.05, 4.69) is 25.9 Å². The second-order valence-electron chi connectivity index (χ2n) is 9.39. The summed E-state index contributed by atoms with van der Waals surface area (Å²) >= 11 is 0. The Morgan fingerprint density at radius 1 is 0.941 bits per heavy atom. The SMILES string of the molecule is Cc1ccc(CNC(=O)c2cnc3nc2NCCCCC(O)CCCCCCCCCN3)cc1. The van der Waals surface area contributed by atoms with Crippen LogP contribution in [0.4, 0.5) is 11.8 Å². The van der Waals surface area contributed by atoms with E-state index < -0.39 is 0 Å². The number of carbonyl (C=O) groups is 1. The van der Waals surface area contributed by atoms with Gasteiger partial charge in [-0.15, -0.1) is 0 Å². The zero-order valence-corrected chi connectivity index (χ0v) is 20.6. The van der Waals surface area contributed by atoms with E-state index in [1.807, 2.05) is 31.2 Å². The van der Waals surface area contributed by atoms with Gasteiger partial charge in [0.05, 0.1) is 6.10 Å². The fourth-order valence-corrected chi connectivity index (χ4v) is 4.20. The third-order valence-corrected chi connectivity index (χ3v) is 6.36. The van der Waals surface area contributed by atoms with E-state index in [4.69, 9.17) is 0 Å². The molecule has 1 aromatic heterocycles. The molecule has 0 fully saturated rings. The number of aliphatic hydroxyl groups excluding tert-OH is 1. The Kier molecular flexibility index (Phi) is 11.1. The molecule has 2 bridgehead atoms. The third-order valence-electron chi connectivity index (χ3n) is 6.36. The first-order chi connectivity index (χ1) is 16.6. The highest BCUT2D eigenvalue weighted by atomic mass is 16.3. The predicted octanol–water partition coefficient (Wildman–Crippen LogP) is 5.20. The summed E-state index contributed by atoms with van der Waals surface area (Å²) < 4.78 is 0. The van der Waals surface area contributed by atoms with Crippen LogP contribution >= 0.6 is 0 Å². The lowest BCUT2D eigenvalue weighted by Gasteiger charge is -2.14. The van der Waals surface area contributed by atoms with Crippen molar-refractivity contribution in [3.8, 4) is 0 Å². The number of amides is 1. The van der Waals surface area contributed by atoms with E-state index in [9.17, 15) is 9.90 Å². The number of fused-ring (bicyclic) bond motifs is 2. The fourth-order valence-electron chi connectivity index (χ4n) is 4.20. The number of rotatable bonds is 3. The highest BCUT2D eigenvalue weighted by molar-refractivity contribution is 5.98. The number of hydrogen-bond donors (Lipinski definition) is 4. The van der Waals surface area contributed by atoms with Gasteiger partial charge in [0.15, 0.2) is 0 Å². The molecule has 0 saturated carbocycles. The van der Waals surface area contributed by atoms with Crippen molar-refractivity contribution in [3.05, 3.63) is 47.2 Å². The van der Waals surface area contributed by atoms with Gasteiger partial charge in [-0.2, -0.15) is 4.98 Å². The molecule has 0 radical (unpaired) electrons. The molecule has 186 valence electrons. The van der Waals surface area contributed by atoms with Crippen molar-refractivity contribution in [1.82, 2.24) is 15.3 Å². The van der Waals surface area contributed by atoms with Gasteiger partial charge in [-0.3, -0.25) is 4.79 Å². The lowest BCUT2D eigenvalue weighted by atomic mass is 10.0. The number of anilines is 2. The van der Waals surface area contributed by atoms with Gasteiger partial charge in [0, 0.05) is 25.8 Å². The number of aliphatic hydroxyl groups is 1. The minimum atomic E-state index is -0.208. The van der Waals surface area contributed by atoms with Crippen LogP contribution in [0.15, 0.2) is 30.5 Å². The van der Waals surface area contributed by atoms with Crippen LogP contribution in [-0.4, -0.2) is 40.2 Å². The number of benzene rings is 1. The van der Waals surface area contributed by atoms with Gasteiger partial charge in [0.1, 0.15) is 11.4 Å². The Labute approximate surface area is 204 Å². The zero-order valence-electron chi connectivity index (χ0n) is 20.6. The van der Waals surface area contributed by atoms with Crippen LogP contribution in [-0.2, 0) is 6.54 Å².